The number of aryl methyl sites for hydroxylation is 1. The molecule has 1 N–H and O–H groups in total. The van der Waals surface area contributed by atoms with Gasteiger partial charge in [-0.25, -0.2) is 9.97 Å². The number of amides is 1. The molecule has 0 atom stereocenters. The average molecular weight is 329 g/mol. The topological polar surface area (TPSA) is 73.3 Å². The summed E-state index contributed by atoms with van der Waals surface area (Å²) in [5.41, 5.74) is 1.75. The molecule has 0 aliphatic rings. The maximum Gasteiger partial charge on any atom is 0.258 e. The molecule has 7 heteroatoms. The van der Waals surface area contributed by atoms with Gasteiger partial charge in [0.1, 0.15) is 17.3 Å². The number of ether oxygens (including phenoxy) is 2. The Balaban J connectivity index is 1.93. The zero-order valence-corrected chi connectivity index (χ0v) is 13.7. The predicted octanol–water partition coefficient (Wildman–Crippen LogP) is 3.27. The molecule has 0 spiro atoms. The van der Waals surface area contributed by atoms with Crippen molar-refractivity contribution in [3.63, 3.8) is 0 Å². The molecule has 1 amide bonds. The molecule has 1 aromatic carbocycles. The lowest BCUT2D eigenvalue weighted by Gasteiger charge is -2.11. The smallest absolute Gasteiger partial charge is 0.258 e. The van der Waals surface area contributed by atoms with Gasteiger partial charge in [-0.3, -0.25) is 4.79 Å². The number of anilines is 1. The van der Waals surface area contributed by atoms with Gasteiger partial charge >= 0.3 is 0 Å². The molecular formula is C16H15N3O3S. The molecular weight excluding hydrogens is 314 g/mol. The first-order valence-corrected chi connectivity index (χ1v) is 7.74. The molecule has 118 valence electrons. The number of carbonyl (C=O) groups is 1. The second-order valence-corrected chi connectivity index (χ2v) is 5.71. The Morgan fingerprint density at radius 1 is 1.26 bits per heavy atom. The lowest BCUT2D eigenvalue weighted by atomic mass is 10.2. The first-order chi connectivity index (χ1) is 11.1. The molecule has 0 radical (unpaired) electrons. The fraction of sp³-hybridized carbons (Fsp3) is 0.188. The van der Waals surface area contributed by atoms with Crippen LogP contribution in [0.4, 0.5) is 5.69 Å². The Bertz CT molecular complexity index is 876. The van der Waals surface area contributed by atoms with Crippen LogP contribution in [0, 0.1) is 6.92 Å². The summed E-state index contributed by atoms with van der Waals surface area (Å²) < 4.78 is 11.3. The van der Waals surface area contributed by atoms with Gasteiger partial charge in [-0.15, -0.1) is 11.3 Å². The van der Waals surface area contributed by atoms with E-state index in [0.29, 0.717) is 34.1 Å². The van der Waals surface area contributed by atoms with Crippen molar-refractivity contribution in [1.82, 2.24) is 9.97 Å². The van der Waals surface area contributed by atoms with Crippen LogP contribution in [0.1, 0.15) is 16.2 Å². The lowest BCUT2D eigenvalue weighted by Crippen LogP contribution is -2.12. The standard InChI is InChI=1S/C16H15N3O3S/c1-9-17-7-14-15(18-9)11(8-23-14)16(20)19-12-5-4-10(21-2)6-13(12)22-3/h4-8H,1-3H3,(H,19,20). The molecule has 0 fully saturated rings. The molecule has 0 saturated carbocycles. The van der Waals surface area contributed by atoms with Gasteiger partial charge in [0.15, 0.2) is 0 Å². The fourth-order valence-electron chi connectivity index (χ4n) is 2.17. The van der Waals surface area contributed by atoms with Gasteiger partial charge in [-0.2, -0.15) is 0 Å². The van der Waals surface area contributed by atoms with E-state index < -0.39 is 0 Å². The van der Waals surface area contributed by atoms with Crippen molar-refractivity contribution in [2.24, 2.45) is 0 Å². The first kappa shape index (κ1) is 15.2. The molecule has 2 heterocycles. The van der Waals surface area contributed by atoms with Crippen LogP contribution in [-0.2, 0) is 0 Å². The number of hydrogen-bond acceptors (Lipinski definition) is 6. The maximum absolute atomic E-state index is 12.6. The zero-order chi connectivity index (χ0) is 16.4. The minimum atomic E-state index is -0.238. The van der Waals surface area contributed by atoms with E-state index in [-0.39, 0.29) is 5.91 Å². The number of aromatic nitrogens is 2. The highest BCUT2D eigenvalue weighted by atomic mass is 32.1. The third-order valence-corrected chi connectivity index (χ3v) is 4.24. The SMILES string of the molecule is COc1ccc(NC(=O)c2csc3cnc(C)nc23)c(OC)c1. The second kappa shape index (κ2) is 6.21. The molecule has 0 saturated heterocycles. The summed E-state index contributed by atoms with van der Waals surface area (Å²) in [4.78, 5) is 21.1. The van der Waals surface area contributed by atoms with Gasteiger partial charge in [0, 0.05) is 17.6 Å². The van der Waals surface area contributed by atoms with E-state index in [4.69, 9.17) is 9.47 Å². The molecule has 0 bridgehead atoms. The van der Waals surface area contributed by atoms with E-state index in [0.717, 1.165) is 4.70 Å². The van der Waals surface area contributed by atoms with Crippen molar-refractivity contribution in [3.8, 4) is 11.5 Å². The largest absolute Gasteiger partial charge is 0.497 e. The van der Waals surface area contributed by atoms with Gasteiger partial charge in [0.2, 0.25) is 0 Å². The van der Waals surface area contributed by atoms with E-state index in [1.165, 1.54) is 11.3 Å². The quantitative estimate of drug-likeness (QED) is 0.795. The third kappa shape index (κ3) is 2.95. The summed E-state index contributed by atoms with van der Waals surface area (Å²) in [6.07, 6.45) is 1.73. The number of nitrogens with one attached hydrogen (secondary N) is 1. The van der Waals surface area contributed by atoms with Crippen LogP contribution in [0.15, 0.2) is 29.8 Å². The molecule has 23 heavy (non-hydrogen) atoms. The molecule has 3 rings (SSSR count). The molecule has 2 aromatic heterocycles. The van der Waals surface area contributed by atoms with Crippen LogP contribution in [0.25, 0.3) is 10.2 Å². The van der Waals surface area contributed by atoms with Crippen molar-refractivity contribution in [1.29, 1.82) is 0 Å². The van der Waals surface area contributed by atoms with Crippen molar-refractivity contribution >= 4 is 33.1 Å². The van der Waals surface area contributed by atoms with Crippen molar-refractivity contribution < 1.29 is 14.3 Å². The fourth-order valence-corrected chi connectivity index (χ4v) is 3.01. The summed E-state index contributed by atoms with van der Waals surface area (Å²) >= 11 is 1.44. The number of benzene rings is 1. The number of carbonyl (C=O) groups excluding carboxylic acids is 1. The highest BCUT2D eigenvalue weighted by Gasteiger charge is 2.16. The Kier molecular flexibility index (Phi) is 4.12. The summed E-state index contributed by atoms with van der Waals surface area (Å²) in [7, 11) is 3.12. The molecule has 0 unspecified atom stereocenters. The summed E-state index contributed by atoms with van der Waals surface area (Å²) in [5.74, 6) is 1.58. The van der Waals surface area contributed by atoms with Crippen LogP contribution in [-0.4, -0.2) is 30.1 Å². The monoisotopic (exact) mass is 329 g/mol. The molecule has 6 nitrogen and oxygen atoms in total. The average Bonchev–Trinajstić information content (AvgIpc) is 2.98. The second-order valence-electron chi connectivity index (χ2n) is 4.80. The first-order valence-electron chi connectivity index (χ1n) is 6.86. The van der Waals surface area contributed by atoms with Gasteiger partial charge in [-0.05, 0) is 19.1 Å². The Morgan fingerprint density at radius 2 is 2.09 bits per heavy atom. The predicted molar refractivity (Wildman–Crippen MR) is 89.7 cm³/mol. The third-order valence-electron chi connectivity index (χ3n) is 3.34. The lowest BCUT2D eigenvalue weighted by molar-refractivity contribution is 0.102. The number of thiophene rings is 1. The Labute approximate surface area is 137 Å². The van der Waals surface area contributed by atoms with E-state index in [9.17, 15) is 4.79 Å². The zero-order valence-electron chi connectivity index (χ0n) is 12.9. The number of methoxy groups -OCH3 is 2. The van der Waals surface area contributed by atoms with Gasteiger partial charge in [0.25, 0.3) is 5.91 Å². The van der Waals surface area contributed by atoms with Crippen LogP contribution >= 0.6 is 11.3 Å². The Hall–Kier alpha value is -2.67. The minimum absolute atomic E-state index is 0.238. The minimum Gasteiger partial charge on any atom is -0.497 e. The van der Waals surface area contributed by atoms with Gasteiger partial charge in [-0.1, -0.05) is 0 Å². The summed E-state index contributed by atoms with van der Waals surface area (Å²) in [6.45, 7) is 1.80. The normalized spacial score (nSPS) is 10.6. The van der Waals surface area contributed by atoms with E-state index in [2.05, 4.69) is 15.3 Å². The molecule has 0 aliphatic heterocycles. The summed E-state index contributed by atoms with van der Waals surface area (Å²) in [5, 5.41) is 4.64. The number of fused-ring (bicyclic) bond motifs is 1. The van der Waals surface area contributed by atoms with Crippen LogP contribution in [0.5, 0.6) is 11.5 Å². The highest BCUT2D eigenvalue weighted by Crippen LogP contribution is 2.30. The molecule has 3 aromatic rings. The highest BCUT2D eigenvalue weighted by molar-refractivity contribution is 7.17. The van der Waals surface area contributed by atoms with E-state index >= 15 is 0 Å². The van der Waals surface area contributed by atoms with Crippen molar-refractivity contribution in [2.45, 2.75) is 6.92 Å². The van der Waals surface area contributed by atoms with E-state index in [1.807, 2.05) is 0 Å². The number of hydrogen-bond donors (Lipinski definition) is 1. The van der Waals surface area contributed by atoms with Crippen molar-refractivity contribution in [3.05, 3.63) is 41.2 Å². The van der Waals surface area contributed by atoms with Crippen LogP contribution in [0.3, 0.4) is 0 Å². The Morgan fingerprint density at radius 3 is 2.83 bits per heavy atom. The van der Waals surface area contributed by atoms with Crippen molar-refractivity contribution in [2.75, 3.05) is 19.5 Å². The number of rotatable bonds is 4. The van der Waals surface area contributed by atoms with Gasteiger partial charge in [0.05, 0.1) is 35.7 Å². The van der Waals surface area contributed by atoms with Gasteiger partial charge < -0.3 is 14.8 Å². The maximum atomic E-state index is 12.6. The van der Waals surface area contributed by atoms with Crippen LogP contribution < -0.4 is 14.8 Å². The summed E-state index contributed by atoms with van der Waals surface area (Å²) in [6, 6.07) is 5.22. The van der Waals surface area contributed by atoms with E-state index in [1.54, 1.807) is 50.9 Å². The van der Waals surface area contributed by atoms with Crippen LogP contribution in [0.2, 0.25) is 0 Å². The molecule has 0 aliphatic carbocycles. The number of nitrogens with zero attached hydrogens (tertiary/aromatic N) is 2.